The van der Waals surface area contributed by atoms with E-state index in [1.54, 1.807) is 14.1 Å². The van der Waals surface area contributed by atoms with Crippen LogP contribution in [0.15, 0.2) is 24.3 Å². The Balaban J connectivity index is 2.49. The van der Waals surface area contributed by atoms with Gasteiger partial charge in [0.1, 0.15) is 0 Å². The fraction of sp³-hybridized carbons (Fsp3) is 0.571. The average Bonchev–Trinajstić information content (AvgIpc) is 2.38. The topological polar surface area (TPSA) is 49.4 Å². The van der Waals surface area contributed by atoms with Gasteiger partial charge < -0.3 is 5.32 Å². The zero-order chi connectivity index (χ0) is 14.5. The van der Waals surface area contributed by atoms with Crippen molar-refractivity contribution in [3.8, 4) is 0 Å². The van der Waals surface area contributed by atoms with E-state index in [1.165, 1.54) is 15.4 Å². The summed E-state index contributed by atoms with van der Waals surface area (Å²) in [5.74, 6) is 0.122. The summed E-state index contributed by atoms with van der Waals surface area (Å²) in [5, 5.41) is 3.24. The summed E-state index contributed by atoms with van der Waals surface area (Å²) in [5.41, 5.74) is 2.49. The van der Waals surface area contributed by atoms with Crippen molar-refractivity contribution in [2.75, 3.05) is 26.4 Å². The Bertz CT molecular complexity index is 481. The molecule has 0 heterocycles. The number of benzene rings is 1. The predicted molar refractivity (Wildman–Crippen MR) is 79.7 cm³/mol. The summed E-state index contributed by atoms with van der Waals surface area (Å²) in [4.78, 5) is 0. The largest absolute Gasteiger partial charge is 0.309 e. The summed E-state index contributed by atoms with van der Waals surface area (Å²) in [6.07, 6.45) is 1.03. The zero-order valence-corrected chi connectivity index (χ0v) is 13.0. The van der Waals surface area contributed by atoms with Crippen LogP contribution in [-0.2, 0) is 16.4 Å². The fourth-order valence-corrected chi connectivity index (χ4v) is 2.49. The quantitative estimate of drug-likeness (QED) is 0.830. The lowest BCUT2D eigenvalue weighted by molar-refractivity contribution is 0.512. The van der Waals surface area contributed by atoms with Gasteiger partial charge in [-0.1, -0.05) is 31.2 Å². The van der Waals surface area contributed by atoms with Gasteiger partial charge in [-0.05, 0) is 24.5 Å². The maximum atomic E-state index is 11.6. The Morgan fingerprint density at radius 3 is 2.26 bits per heavy atom. The number of sulfonamides is 1. The van der Waals surface area contributed by atoms with Crippen LogP contribution in [-0.4, -0.2) is 39.1 Å². The highest BCUT2D eigenvalue weighted by molar-refractivity contribution is 7.89. The van der Waals surface area contributed by atoms with Crippen LogP contribution < -0.4 is 5.32 Å². The summed E-state index contributed by atoms with van der Waals surface area (Å²) in [6.45, 7) is 4.63. The molecule has 0 aliphatic heterocycles. The van der Waals surface area contributed by atoms with E-state index in [-0.39, 0.29) is 11.8 Å². The van der Waals surface area contributed by atoms with Gasteiger partial charge in [0.2, 0.25) is 10.0 Å². The van der Waals surface area contributed by atoms with Crippen molar-refractivity contribution in [3.05, 3.63) is 35.4 Å². The number of aryl methyl sites for hydroxylation is 1. The van der Waals surface area contributed by atoms with E-state index in [0.29, 0.717) is 6.54 Å². The third-order valence-corrected chi connectivity index (χ3v) is 5.09. The van der Waals surface area contributed by atoms with E-state index < -0.39 is 10.0 Å². The minimum Gasteiger partial charge on any atom is -0.309 e. The molecule has 0 bridgehead atoms. The molecule has 1 atom stereocenters. The highest BCUT2D eigenvalue weighted by atomic mass is 32.2. The van der Waals surface area contributed by atoms with E-state index in [0.717, 1.165) is 6.42 Å². The summed E-state index contributed by atoms with van der Waals surface area (Å²) in [6, 6.07) is 8.57. The van der Waals surface area contributed by atoms with Gasteiger partial charge in [-0.15, -0.1) is 0 Å². The van der Waals surface area contributed by atoms with Gasteiger partial charge in [-0.2, -0.15) is 0 Å². The molecule has 0 amide bonds. The normalized spacial score (nSPS) is 13.7. The second-order valence-electron chi connectivity index (χ2n) is 4.87. The first-order valence-corrected chi connectivity index (χ1v) is 8.20. The smallest absolute Gasteiger partial charge is 0.214 e. The monoisotopic (exact) mass is 284 g/mol. The van der Waals surface area contributed by atoms with Crippen LogP contribution in [0.1, 0.15) is 31.0 Å². The molecule has 1 unspecified atom stereocenters. The molecule has 0 radical (unpaired) electrons. The van der Waals surface area contributed by atoms with Gasteiger partial charge in [0.05, 0.1) is 5.75 Å². The zero-order valence-electron chi connectivity index (χ0n) is 12.2. The van der Waals surface area contributed by atoms with Crippen molar-refractivity contribution < 1.29 is 8.42 Å². The molecule has 0 saturated heterocycles. The maximum Gasteiger partial charge on any atom is 0.214 e. The Morgan fingerprint density at radius 2 is 1.79 bits per heavy atom. The molecule has 108 valence electrons. The molecule has 0 saturated carbocycles. The molecule has 1 N–H and O–H groups in total. The van der Waals surface area contributed by atoms with E-state index in [2.05, 4.69) is 36.5 Å². The number of hydrogen-bond donors (Lipinski definition) is 1. The van der Waals surface area contributed by atoms with E-state index >= 15 is 0 Å². The lowest BCUT2D eigenvalue weighted by atomic mass is 10.1. The van der Waals surface area contributed by atoms with Crippen LogP contribution in [0.3, 0.4) is 0 Å². The summed E-state index contributed by atoms with van der Waals surface area (Å²) >= 11 is 0. The molecule has 5 heteroatoms. The second-order valence-corrected chi connectivity index (χ2v) is 7.17. The van der Waals surface area contributed by atoms with Gasteiger partial charge in [0.15, 0.2) is 0 Å². The highest BCUT2D eigenvalue weighted by Gasteiger charge is 2.13. The SMILES string of the molecule is CCc1ccc(C(C)NCCS(=O)(=O)N(C)C)cc1. The minimum absolute atomic E-state index is 0.122. The lowest BCUT2D eigenvalue weighted by Gasteiger charge is -2.16. The summed E-state index contributed by atoms with van der Waals surface area (Å²) in [7, 11) is -0.000346. The Labute approximate surface area is 116 Å². The van der Waals surface area contributed by atoms with Crippen molar-refractivity contribution in [2.24, 2.45) is 0 Å². The molecular formula is C14H24N2O2S. The molecule has 0 fully saturated rings. The number of hydrogen-bond acceptors (Lipinski definition) is 3. The molecular weight excluding hydrogens is 260 g/mol. The van der Waals surface area contributed by atoms with Crippen molar-refractivity contribution in [1.29, 1.82) is 0 Å². The highest BCUT2D eigenvalue weighted by Crippen LogP contribution is 2.13. The van der Waals surface area contributed by atoms with Crippen molar-refractivity contribution in [3.63, 3.8) is 0 Å². The number of nitrogens with one attached hydrogen (secondary N) is 1. The van der Waals surface area contributed by atoms with E-state index in [4.69, 9.17) is 0 Å². The van der Waals surface area contributed by atoms with Gasteiger partial charge in [-0.3, -0.25) is 0 Å². The molecule has 0 aliphatic carbocycles. The molecule has 1 rings (SSSR count). The first-order valence-electron chi connectivity index (χ1n) is 6.59. The molecule has 0 aromatic heterocycles. The standard InChI is InChI=1S/C14H24N2O2S/c1-5-13-6-8-14(9-7-13)12(2)15-10-11-19(17,18)16(3)4/h6-9,12,15H,5,10-11H2,1-4H3. The number of rotatable bonds is 7. The minimum atomic E-state index is -3.12. The summed E-state index contributed by atoms with van der Waals surface area (Å²) < 4.78 is 24.5. The van der Waals surface area contributed by atoms with Gasteiger partial charge in [-0.25, -0.2) is 12.7 Å². The van der Waals surface area contributed by atoms with Crippen molar-refractivity contribution in [2.45, 2.75) is 26.3 Å². The Morgan fingerprint density at radius 1 is 1.21 bits per heavy atom. The van der Waals surface area contributed by atoms with Crippen LogP contribution in [0.4, 0.5) is 0 Å². The second kappa shape index (κ2) is 7.03. The van der Waals surface area contributed by atoms with Crippen molar-refractivity contribution in [1.82, 2.24) is 9.62 Å². The van der Waals surface area contributed by atoms with E-state index in [1.807, 2.05) is 6.92 Å². The lowest BCUT2D eigenvalue weighted by Crippen LogP contribution is -2.32. The molecule has 1 aromatic rings. The van der Waals surface area contributed by atoms with Crippen molar-refractivity contribution >= 4 is 10.0 Å². The van der Waals surface area contributed by atoms with Gasteiger partial charge in [0, 0.05) is 26.7 Å². The molecule has 19 heavy (non-hydrogen) atoms. The average molecular weight is 284 g/mol. The maximum absolute atomic E-state index is 11.6. The third kappa shape index (κ3) is 4.93. The fourth-order valence-electron chi connectivity index (χ4n) is 1.75. The van der Waals surface area contributed by atoms with Crippen LogP contribution in [0.25, 0.3) is 0 Å². The molecule has 0 spiro atoms. The molecule has 0 aliphatic rings. The van der Waals surface area contributed by atoms with Crippen LogP contribution in [0, 0.1) is 0 Å². The third-order valence-electron chi connectivity index (χ3n) is 3.25. The van der Waals surface area contributed by atoms with E-state index in [9.17, 15) is 8.42 Å². The Hall–Kier alpha value is -0.910. The molecule has 4 nitrogen and oxygen atoms in total. The first kappa shape index (κ1) is 16.1. The van der Waals surface area contributed by atoms with Crippen LogP contribution >= 0.6 is 0 Å². The van der Waals surface area contributed by atoms with Crippen LogP contribution in [0.5, 0.6) is 0 Å². The van der Waals surface area contributed by atoms with Crippen LogP contribution in [0.2, 0.25) is 0 Å². The van der Waals surface area contributed by atoms with Gasteiger partial charge >= 0.3 is 0 Å². The first-order chi connectivity index (χ1) is 8.86. The number of nitrogens with zero attached hydrogens (tertiary/aromatic N) is 1. The molecule has 1 aromatic carbocycles. The predicted octanol–water partition coefficient (Wildman–Crippen LogP) is 1.79. The van der Waals surface area contributed by atoms with Gasteiger partial charge in [0.25, 0.3) is 0 Å². The Kier molecular flexibility index (Phi) is 5.97.